The van der Waals surface area contributed by atoms with Gasteiger partial charge in [-0.15, -0.1) is 0 Å². The lowest BCUT2D eigenvalue weighted by molar-refractivity contribution is 0.0652. The number of halogens is 1. The molecule has 7 heteroatoms. The molecule has 2 aromatic heterocycles. The molecule has 134 valence electrons. The summed E-state index contributed by atoms with van der Waals surface area (Å²) in [6, 6.07) is 7.92. The molecule has 3 aromatic rings. The van der Waals surface area contributed by atoms with E-state index in [1.54, 1.807) is 33.8 Å². The van der Waals surface area contributed by atoms with Gasteiger partial charge in [0.2, 0.25) is 0 Å². The molecule has 0 atom stereocenters. The van der Waals surface area contributed by atoms with E-state index in [0.29, 0.717) is 24.3 Å². The molecule has 0 spiro atoms. The highest BCUT2D eigenvalue weighted by atomic mass is 19.1. The maximum atomic E-state index is 13.2. The Morgan fingerprint density at radius 3 is 2.62 bits per heavy atom. The molecule has 0 aliphatic carbocycles. The fourth-order valence-electron chi connectivity index (χ4n) is 3.37. The van der Waals surface area contributed by atoms with Crippen LogP contribution in [0.1, 0.15) is 23.2 Å². The molecule has 1 aromatic carbocycles. The van der Waals surface area contributed by atoms with Gasteiger partial charge in [-0.05, 0) is 49.1 Å². The molecule has 4 rings (SSSR count). The lowest BCUT2D eigenvalue weighted by Crippen LogP contribution is -2.39. The van der Waals surface area contributed by atoms with Crippen molar-refractivity contribution in [1.29, 1.82) is 0 Å². The van der Waals surface area contributed by atoms with Gasteiger partial charge in [-0.25, -0.2) is 13.9 Å². The van der Waals surface area contributed by atoms with Crippen molar-refractivity contribution in [3.05, 3.63) is 54.1 Å². The van der Waals surface area contributed by atoms with Crippen LogP contribution in [0.25, 0.3) is 16.9 Å². The molecule has 1 aliphatic rings. The summed E-state index contributed by atoms with van der Waals surface area (Å²) in [5, 5.41) is 13.6. The van der Waals surface area contributed by atoms with Gasteiger partial charge in [0.25, 0.3) is 5.91 Å². The molecule has 1 amide bonds. The molecular formula is C19H19FN4O2. The first-order chi connectivity index (χ1) is 12.7. The maximum Gasteiger partial charge on any atom is 0.259 e. The Hall–Kier alpha value is -2.80. The van der Waals surface area contributed by atoms with Crippen molar-refractivity contribution in [1.82, 2.24) is 19.5 Å². The number of likely N-dealkylation sites (tertiary alicyclic amines) is 1. The second-order valence-electron chi connectivity index (χ2n) is 6.55. The van der Waals surface area contributed by atoms with Crippen LogP contribution in [0.15, 0.2) is 42.7 Å². The summed E-state index contributed by atoms with van der Waals surface area (Å²) in [5.74, 6) is -0.132. The van der Waals surface area contributed by atoms with Gasteiger partial charge in [-0.3, -0.25) is 4.79 Å². The lowest BCUT2D eigenvalue weighted by atomic mass is 9.97. The third-order valence-electron chi connectivity index (χ3n) is 4.93. The van der Waals surface area contributed by atoms with Crippen LogP contribution in [-0.2, 0) is 0 Å². The van der Waals surface area contributed by atoms with Crippen molar-refractivity contribution in [2.75, 3.05) is 19.7 Å². The Balaban J connectivity index is 1.66. The van der Waals surface area contributed by atoms with Crippen LogP contribution < -0.4 is 0 Å². The summed E-state index contributed by atoms with van der Waals surface area (Å²) in [4.78, 5) is 19.0. The lowest BCUT2D eigenvalue weighted by Gasteiger charge is -2.30. The Bertz CT molecular complexity index is 930. The minimum Gasteiger partial charge on any atom is -0.396 e. The quantitative estimate of drug-likeness (QED) is 0.784. The highest BCUT2D eigenvalue weighted by molar-refractivity contribution is 6.00. The second-order valence-corrected chi connectivity index (χ2v) is 6.55. The molecule has 1 saturated heterocycles. The number of amides is 1. The molecule has 3 heterocycles. The number of nitrogens with zero attached hydrogens (tertiary/aromatic N) is 4. The highest BCUT2D eigenvalue weighted by Crippen LogP contribution is 2.23. The monoisotopic (exact) mass is 354 g/mol. The number of aliphatic hydroxyl groups excluding tert-OH is 1. The number of fused-ring (bicyclic) bond motifs is 1. The first-order valence-electron chi connectivity index (χ1n) is 8.66. The first kappa shape index (κ1) is 16.7. The van der Waals surface area contributed by atoms with E-state index in [0.717, 1.165) is 24.1 Å². The third-order valence-corrected chi connectivity index (χ3v) is 4.93. The van der Waals surface area contributed by atoms with Gasteiger partial charge in [0.1, 0.15) is 11.4 Å². The summed E-state index contributed by atoms with van der Waals surface area (Å²) in [6.07, 6.45) is 4.77. The number of rotatable bonds is 3. The van der Waals surface area contributed by atoms with Gasteiger partial charge in [0.15, 0.2) is 5.65 Å². The standard InChI is InChI=1S/C19H19FN4O2/c20-15-3-1-14(2-4-15)17-5-8-21-18-16(11-22-24(17)18)19(26)23-9-6-13(12-25)7-10-23/h1-5,8,11,13,25H,6-7,9-10,12H2. The third kappa shape index (κ3) is 2.94. The summed E-state index contributed by atoms with van der Waals surface area (Å²) in [5.41, 5.74) is 2.48. The topological polar surface area (TPSA) is 70.7 Å². The Morgan fingerprint density at radius 1 is 1.19 bits per heavy atom. The second kappa shape index (κ2) is 6.84. The number of hydrogen-bond donors (Lipinski definition) is 1. The van der Waals surface area contributed by atoms with Gasteiger partial charge in [-0.1, -0.05) is 0 Å². The van der Waals surface area contributed by atoms with E-state index in [4.69, 9.17) is 0 Å². The molecule has 0 bridgehead atoms. The molecule has 1 aliphatic heterocycles. The number of piperidine rings is 1. The van der Waals surface area contributed by atoms with E-state index in [2.05, 4.69) is 10.1 Å². The van der Waals surface area contributed by atoms with Crippen molar-refractivity contribution < 1.29 is 14.3 Å². The number of aliphatic hydroxyl groups is 1. The Kier molecular flexibility index (Phi) is 4.38. The van der Waals surface area contributed by atoms with Crippen molar-refractivity contribution >= 4 is 11.6 Å². The molecule has 1 fully saturated rings. The van der Waals surface area contributed by atoms with E-state index in [-0.39, 0.29) is 24.2 Å². The minimum absolute atomic E-state index is 0.0971. The molecule has 0 radical (unpaired) electrons. The fraction of sp³-hybridized carbons (Fsp3) is 0.316. The van der Waals surface area contributed by atoms with Crippen LogP contribution in [-0.4, -0.2) is 50.2 Å². The van der Waals surface area contributed by atoms with E-state index in [9.17, 15) is 14.3 Å². The summed E-state index contributed by atoms with van der Waals surface area (Å²) in [7, 11) is 0. The summed E-state index contributed by atoms with van der Waals surface area (Å²) in [6.45, 7) is 1.42. The van der Waals surface area contributed by atoms with Crippen molar-refractivity contribution in [3.8, 4) is 11.3 Å². The molecule has 26 heavy (non-hydrogen) atoms. The zero-order chi connectivity index (χ0) is 18.1. The highest BCUT2D eigenvalue weighted by Gasteiger charge is 2.26. The van der Waals surface area contributed by atoms with Gasteiger partial charge in [0.05, 0.1) is 11.9 Å². The number of carbonyl (C=O) groups is 1. The molecule has 0 saturated carbocycles. The average molecular weight is 354 g/mol. The molecular weight excluding hydrogens is 335 g/mol. The first-order valence-corrected chi connectivity index (χ1v) is 8.66. The number of benzene rings is 1. The Morgan fingerprint density at radius 2 is 1.92 bits per heavy atom. The van der Waals surface area contributed by atoms with E-state index >= 15 is 0 Å². The van der Waals surface area contributed by atoms with Crippen LogP contribution in [0.2, 0.25) is 0 Å². The number of aromatic nitrogens is 3. The zero-order valence-electron chi connectivity index (χ0n) is 14.2. The van der Waals surface area contributed by atoms with Crippen molar-refractivity contribution in [2.24, 2.45) is 5.92 Å². The Labute approximate surface area is 149 Å². The van der Waals surface area contributed by atoms with Crippen LogP contribution in [0, 0.1) is 11.7 Å². The molecule has 6 nitrogen and oxygen atoms in total. The summed E-state index contributed by atoms with van der Waals surface area (Å²) < 4.78 is 14.8. The van der Waals surface area contributed by atoms with Crippen molar-refractivity contribution in [2.45, 2.75) is 12.8 Å². The summed E-state index contributed by atoms with van der Waals surface area (Å²) >= 11 is 0. The molecule has 0 unspecified atom stereocenters. The SMILES string of the molecule is O=C(c1cnn2c(-c3ccc(F)cc3)ccnc12)N1CCC(CO)CC1. The number of carbonyl (C=O) groups excluding carboxylic acids is 1. The fourth-order valence-corrected chi connectivity index (χ4v) is 3.37. The number of hydrogen-bond acceptors (Lipinski definition) is 4. The zero-order valence-corrected chi connectivity index (χ0v) is 14.2. The van der Waals surface area contributed by atoms with E-state index < -0.39 is 0 Å². The largest absolute Gasteiger partial charge is 0.396 e. The normalized spacial score (nSPS) is 15.5. The van der Waals surface area contributed by atoms with E-state index in [1.807, 2.05) is 0 Å². The smallest absolute Gasteiger partial charge is 0.259 e. The van der Waals surface area contributed by atoms with Crippen molar-refractivity contribution in [3.63, 3.8) is 0 Å². The van der Waals surface area contributed by atoms with Gasteiger partial charge in [-0.2, -0.15) is 5.10 Å². The predicted octanol–water partition coefficient (Wildman–Crippen LogP) is 2.38. The maximum absolute atomic E-state index is 13.2. The average Bonchev–Trinajstić information content (AvgIpc) is 3.12. The van der Waals surface area contributed by atoms with Gasteiger partial charge in [0, 0.05) is 31.5 Å². The van der Waals surface area contributed by atoms with Gasteiger partial charge >= 0.3 is 0 Å². The van der Waals surface area contributed by atoms with Gasteiger partial charge < -0.3 is 10.0 Å². The minimum atomic E-state index is -0.304. The van der Waals surface area contributed by atoms with Crippen LogP contribution in [0.3, 0.4) is 0 Å². The molecule has 1 N–H and O–H groups in total. The van der Waals surface area contributed by atoms with Crippen LogP contribution >= 0.6 is 0 Å². The van der Waals surface area contributed by atoms with Crippen LogP contribution in [0.4, 0.5) is 4.39 Å². The van der Waals surface area contributed by atoms with E-state index in [1.165, 1.54) is 18.3 Å². The predicted molar refractivity (Wildman–Crippen MR) is 94.1 cm³/mol. The van der Waals surface area contributed by atoms with Crippen LogP contribution in [0.5, 0.6) is 0 Å².